The summed E-state index contributed by atoms with van der Waals surface area (Å²) in [7, 11) is -1.44. The largest absolute Gasteiger partial charge is 0.495 e. The summed E-state index contributed by atoms with van der Waals surface area (Å²) in [6, 6.07) is 8.35. The predicted octanol–water partition coefficient (Wildman–Crippen LogP) is 1.39. The van der Waals surface area contributed by atoms with E-state index in [1.165, 1.54) is 0 Å². The Morgan fingerprint density at radius 1 is 1.36 bits per heavy atom. The second kappa shape index (κ2) is 12.3. The molecule has 1 fully saturated rings. The fourth-order valence-electron chi connectivity index (χ4n) is 3.03. The number of nitrogens with one attached hydrogen (secondary N) is 3. The van der Waals surface area contributed by atoms with E-state index in [2.05, 4.69) is 31.3 Å². The summed E-state index contributed by atoms with van der Waals surface area (Å²) in [5.74, 6) is 1.65. The molecule has 1 heterocycles. The molecule has 1 aliphatic rings. The standard InChI is InChI=1S/C18H31N5O3S.HI/c1-4-19-18(20-11-7-12-21-27(3,24)25)22-15-10-13-23(14-15)16-8-5-6-9-17(16)26-2;/h5-6,8-9,15,21H,4,7,10-14H2,1-3H3,(H2,19,20,22);1H. The molecular weight excluding hydrogens is 493 g/mol. The Morgan fingerprint density at radius 3 is 2.79 bits per heavy atom. The van der Waals surface area contributed by atoms with E-state index in [0.717, 1.165) is 49.7 Å². The molecule has 0 aromatic heterocycles. The Kier molecular flexibility index (Phi) is 10.9. The molecule has 0 saturated carbocycles. The summed E-state index contributed by atoms with van der Waals surface area (Å²) >= 11 is 0. The fourth-order valence-corrected chi connectivity index (χ4v) is 3.54. The number of hydrogen-bond acceptors (Lipinski definition) is 5. The van der Waals surface area contributed by atoms with Gasteiger partial charge in [0.05, 0.1) is 19.1 Å². The summed E-state index contributed by atoms with van der Waals surface area (Å²) in [6.45, 7) is 5.58. The molecule has 0 radical (unpaired) electrons. The van der Waals surface area contributed by atoms with E-state index in [1.807, 2.05) is 25.1 Å². The maximum Gasteiger partial charge on any atom is 0.208 e. The quantitative estimate of drug-likeness (QED) is 0.195. The number of halogens is 1. The predicted molar refractivity (Wildman–Crippen MR) is 126 cm³/mol. The highest BCUT2D eigenvalue weighted by molar-refractivity contribution is 14.0. The van der Waals surface area contributed by atoms with E-state index in [9.17, 15) is 8.42 Å². The van der Waals surface area contributed by atoms with Crippen LogP contribution in [0.1, 0.15) is 19.8 Å². The van der Waals surface area contributed by atoms with Gasteiger partial charge in [-0.3, -0.25) is 4.99 Å². The molecule has 1 aromatic rings. The molecule has 1 aliphatic heterocycles. The van der Waals surface area contributed by atoms with Crippen molar-refractivity contribution in [1.29, 1.82) is 0 Å². The van der Waals surface area contributed by atoms with Crippen LogP contribution < -0.4 is 25.0 Å². The highest BCUT2D eigenvalue weighted by Crippen LogP contribution is 2.30. The van der Waals surface area contributed by atoms with Crippen molar-refractivity contribution in [2.24, 2.45) is 4.99 Å². The molecule has 0 bridgehead atoms. The van der Waals surface area contributed by atoms with Gasteiger partial charge in [-0.1, -0.05) is 12.1 Å². The number of sulfonamides is 1. The number of anilines is 1. The molecule has 0 amide bonds. The maximum atomic E-state index is 11.1. The molecule has 2 rings (SSSR count). The third-order valence-electron chi connectivity index (χ3n) is 4.27. The summed E-state index contributed by atoms with van der Waals surface area (Å²) < 4.78 is 30.1. The van der Waals surface area contributed by atoms with Gasteiger partial charge in [0.2, 0.25) is 10.0 Å². The minimum Gasteiger partial charge on any atom is -0.495 e. The summed E-state index contributed by atoms with van der Waals surface area (Å²) in [5.41, 5.74) is 1.11. The van der Waals surface area contributed by atoms with Gasteiger partial charge in [-0.25, -0.2) is 13.1 Å². The molecule has 28 heavy (non-hydrogen) atoms. The van der Waals surface area contributed by atoms with Gasteiger partial charge >= 0.3 is 0 Å². The minimum atomic E-state index is -3.14. The number of para-hydroxylation sites is 2. The molecule has 1 aromatic carbocycles. The van der Waals surface area contributed by atoms with Crippen LogP contribution in [0.15, 0.2) is 29.3 Å². The Morgan fingerprint density at radius 2 is 2.11 bits per heavy atom. The SMILES string of the molecule is CCNC(=NCCCNS(C)(=O)=O)NC1CCN(c2ccccc2OC)C1.I. The molecule has 1 saturated heterocycles. The number of aliphatic imine (C=N–C) groups is 1. The number of benzene rings is 1. The van der Waals surface area contributed by atoms with Crippen LogP contribution in [0.4, 0.5) is 5.69 Å². The molecule has 160 valence electrons. The van der Waals surface area contributed by atoms with Gasteiger partial charge in [0, 0.05) is 38.8 Å². The average Bonchev–Trinajstić information content (AvgIpc) is 3.09. The van der Waals surface area contributed by atoms with Crippen molar-refractivity contribution in [3.8, 4) is 5.75 Å². The number of guanidine groups is 1. The second-order valence-corrected chi connectivity index (χ2v) is 8.36. The van der Waals surface area contributed by atoms with Crippen LogP contribution >= 0.6 is 24.0 Å². The van der Waals surface area contributed by atoms with Crippen molar-refractivity contribution in [2.75, 3.05) is 51.0 Å². The Bertz CT molecular complexity index is 730. The Balaban J connectivity index is 0.00000392. The third-order valence-corrected chi connectivity index (χ3v) is 5.00. The summed E-state index contributed by atoms with van der Waals surface area (Å²) in [5, 5.41) is 6.73. The van der Waals surface area contributed by atoms with Crippen molar-refractivity contribution in [1.82, 2.24) is 15.4 Å². The summed E-state index contributed by atoms with van der Waals surface area (Å²) in [4.78, 5) is 6.86. The van der Waals surface area contributed by atoms with Crippen LogP contribution in [0.3, 0.4) is 0 Å². The molecule has 1 unspecified atom stereocenters. The molecule has 0 aliphatic carbocycles. The number of hydrogen-bond donors (Lipinski definition) is 3. The smallest absolute Gasteiger partial charge is 0.208 e. The maximum absolute atomic E-state index is 11.1. The molecule has 1 atom stereocenters. The zero-order chi connectivity index (χ0) is 19.7. The van der Waals surface area contributed by atoms with Crippen LogP contribution in [-0.4, -0.2) is 66.5 Å². The topological polar surface area (TPSA) is 95.1 Å². The fraction of sp³-hybridized carbons (Fsp3) is 0.611. The Hall–Kier alpha value is -1.27. The average molecular weight is 525 g/mol. The first-order valence-electron chi connectivity index (χ1n) is 9.30. The van der Waals surface area contributed by atoms with Crippen molar-refractivity contribution in [3.63, 3.8) is 0 Å². The van der Waals surface area contributed by atoms with Crippen LogP contribution in [0.5, 0.6) is 5.75 Å². The van der Waals surface area contributed by atoms with Crippen LogP contribution in [0, 0.1) is 0 Å². The van der Waals surface area contributed by atoms with Gasteiger partial charge in [-0.15, -0.1) is 24.0 Å². The van der Waals surface area contributed by atoms with Gasteiger partial charge < -0.3 is 20.3 Å². The minimum absolute atomic E-state index is 0. The lowest BCUT2D eigenvalue weighted by molar-refractivity contribution is 0.415. The zero-order valence-electron chi connectivity index (χ0n) is 16.8. The summed E-state index contributed by atoms with van der Waals surface area (Å²) in [6.07, 6.45) is 2.83. The lowest BCUT2D eigenvalue weighted by Crippen LogP contribution is -2.44. The first-order valence-corrected chi connectivity index (χ1v) is 11.2. The van der Waals surface area contributed by atoms with Crippen molar-refractivity contribution in [2.45, 2.75) is 25.8 Å². The number of ether oxygens (including phenoxy) is 1. The van der Waals surface area contributed by atoms with Crippen LogP contribution in [0.25, 0.3) is 0 Å². The lowest BCUT2D eigenvalue weighted by atomic mass is 10.2. The van der Waals surface area contributed by atoms with E-state index in [-0.39, 0.29) is 24.0 Å². The first-order chi connectivity index (χ1) is 12.9. The first kappa shape index (κ1) is 24.8. The molecule has 10 heteroatoms. The van der Waals surface area contributed by atoms with E-state index < -0.39 is 10.0 Å². The molecule has 3 N–H and O–H groups in total. The van der Waals surface area contributed by atoms with E-state index >= 15 is 0 Å². The number of nitrogens with zero attached hydrogens (tertiary/aromatic N) is 2. The van der Waals surface area contributed by atoms with Gasteiger partial charge in [0.1, 0.15) is 5.75 Å². The number of methoxy groups -OCH3 is 1. The molecular formula is C18H32IN5O3S. The Labute approximate surface area is 185 Å². The normalized spacial score (nSPS) is 17.2. The van der Waals surface area contributed by atoms with Crippen LogP contribution in [0.2, 0.25) is 0 Å². The monoisotopic (exact) mass is 525 g/mol. The molecule has 0 spiro atoms. The molecule has 8 nitrogen and oxygen atoms in total. The van der Waals surface area contributed by atoms with E-state index in [1.54, 1.807) is 7.11 Å². The lowest BCUT2D eigenvalue weighted by Gasteiger charge is -2.22. The van der Waals surface area contributed by atoms with Gasteiger partial charge in [-0.2, -0.15) is 0 Å². The van der Waals surface area contributed by atoms with Gasteiger partial charge in [-0.05, 0) is 31.9 Å². The highest BCUT2D eigenvalue weighted by Gasteiger charge is 2.25. The van der Waals surface area contributed by atoms with E-state index in [0.29, 0.717) is 25.6 Å². The van der Waals surface area contributed by atoms with Gasteiger partial charge in [0.25, 0.3) is 0 Å². The highest BCUT2D eigenvalue weighted by atomic mass is 127. The van der Waals surface area contributed by atoms with Crippen molar-refractivity contribution in [3.05, 3.63) is 24.3 Å². The second-order valence-electron chi connectivity index (χ2n) is 6.53. The van der Waals surface area contributed by atoms with E-state index in [4.69, 9.17) is 4.74 Å². The van der Waals surface area contributed by atoms with Gasteiger partial charge in [0.15, 0.2) is 5.96 Å². The van der Waals surface area contributed by atoms with Crippen molar-refractivity contribution >= 4 is 45.6 Å². The number of rotatable bonds is 9. The zero-order valence-corrected chi connectivity index (χ0v) is 19.9. The third kappa shape index (κ3) is 8.39. The van der Waals surface area contributed by atoms with Crippen molar-refractivity contribution < 1.29 is 13.2 Å². The van der Waals surface area contributed by atoms with Crippen LogP contribution in [-0.2, 0) is 10.0 Å².